The van der Waals surface area contributed by atoms with Crippen LogP contribution in [0.25, 0.3) is 11.4 Å². The van der Waals surface area contributed by atoms with E-state index in [0.717, 1.165) is 42.8 Å². The summed E-state index contributed by atoms with van der Waals surface area (Å²) in [7, 11) is 3.41. The van der Waals surface area contributed by atoms with Crippen LogP contribution >= 0.6 is 11.6 Å². The zero-order chi connectivity index (χ0) is 24.5. The van der Waals surface area contributed by atoms with E-state index in [0.29, 0.717) is 34.8 Å². The Morgan fingerprint density at radius 2 is 2.03 bits per heavy atom. The van der Waals surface area contributed by atoms with E-state index in [9.17, 15) is 4.79 Å². The molecule has 1 saturated heterocycles. The van der Waals surface area contributed by atoms with Gasteiger partial charge in [-0.3, -0.25) is 14.3 Å². The third-order valence-electron chi connectivity index (χ3n) is 7.22. The molecule has 2 aliphatic heterocycles. The zero-order valence-corrected chi connectivity index (χ0v) is 21.3. The number of anilines is 2. The number of aromatic nitrogens is 2. The van der Waals surface area contributed by atoms with E-state index in [-0.39, 0.29) is 11.8 Å². The van der Waals surface area contributed by atoms with Crippen molar-refractivity contribution >= 4 is 23.1 Å². The number of methoxy groups -OCH3 is 1. The summed E-state index contributed by atoms with van der Waals surface area (Å²) in [5.41, 5.74) is 2.32. The van der Waals surface area contributed by atoms with Crippen LogP contribution in [0.5, 0.6) is 5.75 Å². The van der Waals surface area contributed by atoms with Gasteiger partial charge in [0.2, 0.25) is 0 Å². The van der Waals surface area contributed by atoms with Crippen molar-refractivity contribution in [1.82, 2.24) is 14.5 Å². The molecule has 1 fully saturated rings. The number of hydrogen-bond acceptors (Lipinski definition) is 6. The minimum Gasteiger partial charge on any atom is -0.497 e. The number of hydrogen-bond donors (Lipinski definition) is 1. The van der Waals surface area contributed by atoms with E-state index >= 15 is 0 Å². The third-order valence-corrected chi connectivity index (χ3v) is 7.58. The van der Waals surface area contributed by atoms with Crippen LogP contribution in [0.3, 0.4) is 0 Å². The molecule has 0 amide bonds. The number of likely N-dealkylation sites (tertiary alicyclic amines) is 1. The fourth-order valence-electron chi connectivity index (χ4n) is 5.21. The summed E-state index contributed by atoms with van der Waals surface area (Å²) in [6.07, 6.45) is 3.39. The minimum atomic E-state index is -0.156. The number of halogens is 1. The molecule has 2 atom stereocenters. The van der Waals surface area contributed by atoms with Crippen molar-refractivity contribution in [3.05, 3.63) is 69.5 Å². The highest BCUT2D eigenvalue weighted by Gasteiger charge is 2.39. The molecule has 5 rings (SSSR count). The topological polar surface area (TPSA) is 62.6 Å². The van der Waals surface area contributed by atoms with Gasteiger partial charge in [0.1, 0.15) is 17.3 Å². The van der Waals surface area contributed by atoms with Crippen molar-refractivity contribution in [3.63, 3.8) is 0 Å². The smallest absolute Gasteiger partial charge is 0.279 e. The van der Waals surface area contributed by atoms with Gasteiger partial charge in [-0.2, -0.15) is 0 Å². The monoisotopic (exact) mass is 493 g/mol. The van der Waals surface area contributed by atoms with Crippen LogP contribution in [0.1, 0.15) is 31.7 Å². The molecule has 7 nitrogen and oxygen atoms in total. The molecule has 1 unspecified atom stereocenters. The van der Waals surface area contributed by atoms with E-state index < -0.39 is 0 Å². The molecule has 1 aromatic heterocycles. The molecule has 2 aliphatic rings. The summed E-state index contributed by atoms with van der Waals surface area (Å²) in [5.74, 6) is 2.59. The number of rotatable bonds is 6. The largest absolute Gasteiger partial charge is 0.497 e. The van der Waals surface area contributed by atoms with Gasteiger partial charge < -0.3 is 15.0 Å². The van der Waals surface area contributed by atoms with Gasteiger partial charge in [-0.15, -0.1) is 0 Å². The Morgan fingerprint density at radius 3 is 2.80 bits per heavy atom. The lowest BCUT2D eigenvalue weighted by Crippen LogP contribution is -2.53. The van der Waals surface area contributed by atoms with Gasteiger partial charge >= 0.3 is 0 Å². The molecule has 0 radical (unpaired) electrons. The van der Waals surface area contributed by atoms with Crippen LogP contribution < -0.4 is 20.5 Å². The highest BCUT2D eigenvalue weighted by molar-refractivity contribution is 6.31. The first-order valence-corrected chi connectivity index (χ1v) is 12.6. The van der Waals surface area contributed by atoms with Crippen LogP contribution in [0.15, 0.2) is 53.3 Å². The highest BCUT2D eigenvalue weighted by Crippen LogP contribution is 2.37. The molecule has 35 heavy (non-hydrogen) atoms. The van der Waals surface area contributed by atoms with Crippen molar-refractivity contribution in [3.8, 4) is 17.1 Å². The standard InChI is InChI=1S/C27H32ClN5O2/c1-4-18-9-8-14-32(16-18)27-30-24-23(33(27)17-20-10-5-6-13-22(20)28)26(34)31(2)25(29-24)19-11-7-12-21(15-19)35-3/h5-7,10-13,15,18,27,30H,4,8-9,14,16-17H2,1-3H3/t18-,27?/m1/s1. The van der Waals surface area contributed by atoms with Gasteiger partial charge in [0.15, 0.2) is 12.1 Å². The molecule has 0 aliphatic carbocycles. The van der Waals surface area contributed by atoms with Crippen molar-refractivity contribution in [2.45, 2.75) is 39.0 Å². The van der Waals surface area contributed by atoms with E-state index in [1.807, 2.05) is 48.5 Å². The van der Waals surface area contributed by atoms with Gasteiger partial charge in [-0.1, -0.05) is 55.3 Å². The Hall–Kier alpha value is -3.03. The summed E-state index contributed by atoms with van der Waals surface area (Å²) in [5, 5.41) is 4.30. The summed E-state index contributed by atoms with van der Waals surface area (Å²) in [4.78, 5) is 23.3. The lowest BCUT2D eigenvalue weighted by Gasteiger charge is -2.40. The molecule has 184 valence electrons. The third kappa shape index (κ3) is 4.50. The maximum Gasteiger partial charge on any atom is 0.279 e. The normalized spacial score (nSPS) is 19.9. The Morgan fingerprint density at radius 1 is 1.20 bits per heavy atom. The van der Waals surface area contributed by atoms with Crippen LogP contribution in [-0.2, 0) is 13.6 Å². The first-order valence-electron chi connectivity index (χ1n) is 12.3. The highest BCUT2D eigenvalue weighted by atomic mass is 35.5. The molecule has 0 saturated carbocycles. The lowest BCUT2D eigenvalue weighted by molar-refractivity contribution is 0.132. The SMILES string of the molecule is CC[C@@H]1CCCN(C2Nc3nc(-c4cccc(OC)c4)n(C)c(=O)c3N2Cc2ccccc2Cl)C1. The average molecular weight is 494 g/mol. The summed E-state index contributed by atoms with van der Waals surface area (Å²) < 4.78 is 7.02. The maximum absolute atomic E-state index is 13.8. The fourth-order valence-corrected chi connectivity index (χ4v) is 5.40. The van der Waals surface area contributed by atoms with Crippen LogP contribution in [0.2, 0.25) is 5.02 Å². The van der Waals surface area contributed by atoms with Crippen LogP contribution in [0, 0.1) is 5.92 Å². The van der Waals surface area contributed by atoms with E-state index in [4.69, 9.17) is 21.3 Å². The molecule has 3 aromatic rings. The van der Waals surface area contributed by atoms with Gasteiger partial charge in [-0.05, 0) is 42.5 Å². The molecular weight excluding hydrogens is 462 g/mol. The van der Waals surface area contributed by atoms with Gasteiger partial charge in [0.25, 0.3) is 5.56 Å². The number of piperidine rings is 1. The molecule has 0 bridgehead atoms. The van der Waals surface area contributed by atoms with Gasteiger partial charge in [0, 0.05) is 37.3 Å². The number of nitrogens with zero attached hydrogens (tertiary/aromatic N) is 4. The quantitative estimate of drug-likeness (QED) is 0.524. The lowest BCUT2D eigenvalue weighted by atomic mass is 9.96. The number of ether oxygens (including phenoxy) is 1. The second-order valence-electron chi connectivity index (χ2n) is 9.38. The number of nitrogens with one attached hydrogen (secondary N) is 1. The second kappa shape index (κ2) is 9.91. The predicted octanol–water partition coefficient (Wildman–Crippen LogP) is 4.95. The average Bonchev–Trinajstić information content (AvgIpc) is 3.25. The molecule has 8 heteroatoms. The van der Waals surface area contributed by atoms with Crippen LogP contribution in [0.4, 0.5) is 11.5 Å². The Kier molecular flexibility index (Phi) is 6.71. The van der Waals surface area contributed by atoms with Crippen molar-refractivity contribution in [2.75, 3.05) is 30.4 Å². The zero-order valence-electron chi connectivity index (χ0n) is 20.5. The summed E-state index contributed by atoms with van der Waals surface area (Å²) >= 11 is 6.54. The first kappa shape index (κ1) is 23.7. The number of fused-ring (bicyclic) bond motifs is 1. The Bertz CT molecular complexity index is 1280. The van der Waals surface area contributed by atoms with Gasteiger partial charge in [0.05, 0.1) is 7.11 Å². The molecule has 3 heterocycles. The fraction of sp³-hybridized carbons (Fsp3) is 0.407. The predicted molar refractivity (Wildman–Crippen MR) is 141 cm³/mol. The Balaban J connectivity index is 1.59. The maximum atomic E-state index is 13.8. The molecule has 0 spiro atoms. The van der Waals surface area contributed by atoms with Crippen molar-refractivity contribution in [2.24, 2.45) is 13.0 Å². The molecule has 1 N–H and O–H groups in total. The van der Waals surface area contributed by atoms with Crippen molar-refractivity contribution in [1.29, 1.82) is 0 Å². The second-order valence-corrected chi connectivity index (χ2v) is 9.78. The summed E-state index contributed by atoms with van der Waals surface area (Å²) in [6, 6.07) is 15.5. The number of benzene rings is 2. The van der Waals surface area contributed by atoms with Crippen molar-refractivity contribution < 1.29 is 4.74 Å². The molecular formula is C27H32ClN5O2. The van der Waals surface area contributed by atoms with E-state index in [2.05, 4.69) is 22.0 Å². The van der Waals surface area contributed by atoms with E-state index in [1.54, 1.807) is 18.7 Å². The summed E-state index contributed by atoms with van der Waals surface area (Å²) in [6.45, 7) is 4.74. The molecule has 2 aromatic carbocycles. The van der Waals surface area contributed by atoms with E-state index in [1.165, 1.54) is 6.42 Å². The Labute approximate surface area is 211 Å². The van der Waals surface area contributed by atoms with Gasteiger partial charge in [-0.25, -0.2) is 4.98 Å². The first-order chi connectivity index (χ1) is 17.0. The minimum absolute atomic E-state index is 0.0843. The van der Waals surface area contributed by atoms with Crippen LogP contribution in [-0.4, -0.2) is 40.9 Å².